The monoisotopic (exact) mass is 349 g/mol. The molecule has 5 nitrogen and oxygen atoms in total. The van der Waals surface area contributed by atoms with E-state index in [0.29, 0.717) is 0 Å². The van der Waals surface area contributed by atoms with Gasteiger partial charge in [-0.1, -0.05) is 45.5 Å². The molecule has 0 amide bonds. The van der Waals surface area contributed by atoms with Crippen LogP contribution in [-0.4, -0.2) is 6.79 Å². The van der Waals surface area contributed by atoms with Gasteiger partial charge in [0.2, 0.25) is 0 Å². The molecule has 0 aliphatic rings. The van der Waals surface area contributed by atoms with Gasteiger partial charge in [0, 0.05) is 19.2 Å². The molecule has 0 aliphatic heterocycles. The largest absolute Gasteiger partial charge is 1.00 e. The Labute approximate surface area is 194 Å². The van der Waals surface area contributed by atoms with Crippen LogP contribution in [0.2, 0.25) is 0 Å². The van der Waals surface area contributed by atoms with Gasteiger partial charge in [-0.25, -0.2) is 0 Å². The summed E-state index contributed by atoms with van der Waals surface area (Å²) in [4.78, 5) is 21.7. The van der Waals surface area contributed by atoms with Crippen LogP contribution >= 0.6 is 7.82 Å². The van der Waals surface area contributed by atoms with Crippen molar-refractivity contribution >= 4 is 7.82 Å². The molecule has 108 valence electrons. The van der Waals surface area contributed by atoms with Gasteiger partial charge in [-0.2, -0.15) is 0 Å². The Hall–Kier alpha value is 1.13. The average molecular weight is 349 g/mol. The quantitative estimate of drug-likeness (QED) is 0.298. The maximum Gasteiger partial charge on any atom is 1.00 e. The second kappa shape index (κ2) is 10.8. The van der Waals surface area contributed by atoms with Crippen LogP contribution in [0.1, 0.15) is 73.6 Å². The molecule has 0 N–H and O–H groups in total. The minimum Gasteiger partial charge on any atom is -0.790 e. The molecular formula is C13H19Na2O5P. The van der Waals surface area contributed by atoms with Gasteiger partial charge < -0.3 is 23.6 Å². The number of ether oxygens (including phenoxy) is 1. The van der Waals surface area contributed by atoms with Gasteiger partial charge in [0.25, 0.3) is 0 Å². The number of phosphoric ester groups is 1. The Balaban J connectivity index is 0. The molecule has 1 rings (SSSR count). The zero-order valence-corrected chi connectivity index (χ0v) is 16.1. The number of rotatable bonds is 6. The summed E-state index contributed by atoms with van der Waals surface area (Å²) in [5, 5.41) is 0. The van der Waals surface area contributed by atoms with Crippen molar-refractivity contribution in [1.82, 2.24) is 0 Å². The molecule has 1 aromatic carbocycles. The number of phosphoric acid groups is 1. The third-order valence-corrected chi connectivity index (χ3v) is 2.16. The second-order valence-corrected chi connectivity index (χ2v) is 4.20. The van der Waals surface area contributed by atoms with Crippen molar-refractivity contribution in [2.24, 2.45) is 0 Å². The summed E-state index contributed by atoms with van der Waals surface area (Å²) in [5.74, 6) is -9.62. The molecule has 1 aromatic rings. The van der Waals surface area contributed by atoms with Crippen LogP contribution in [0.4, 0.5) is 0 Å². The van der Waals surface area contributed by atoms with E-state index in [2.05, 4.69) is 4.52 Å². The Bertz CT molecular complexity index is 952. The second-order valence-electron chi connectivity index (χ2n) is 3.04. The first-order valence-electron chi connectivity index (χ1n) is 13.0. The van der Waals surface area contributed by atoms with Crippen molar-refractivity contribution in [2.45, 2.75) is 39.2 Å². The van der Waals surface area contributed by atoms with E-state index in [9.17, 15) is 14.4 Å². The van der Waals surface area contributed by atoms with Crippen molar-refractivity contribution in [3.63, 3.8) is 0 Å². The van der Waals surface area contributed by atoms with Crippen LogP contribution in [0.15, 0.2) is 18.1 Å². The van der Waals surface area contributed by atoms with E-state index in [1.54, 1.807) is 0 Å². The molecule has 0 saturated carbocycles. The summed E-state index contributed by atoms with van der Waals surface area (Å²) in [5.41, 5.74) is -3.34. The first-order chi connectivity index (χ1) is 15.6. The minimum atomic E-state index is -5.87. The van der Waals surface area contributed by atoms with Gasteiger partial charge in [-0.05, 0) is 22.9 Å². The third-order valence-electron chi connectivity index (χ3n) is 1.74. The molecule has 0 aromatic heterocycles. The standard InChI is InChI=1S/C13H21O5P.2Na/c1-9(2)11-6-5-7-12(10(3)4)13(11)17-8-18-19(14,15)16;;/h5-7,9-10H,8H2,1-4H3,(H2,14,15,16);;/q;2*+1/p-2/i1D3,2D3,3D3,4D3,5D,6D,7D,9D,10D;;. The molecule has 0 aliphatic carbocycles. The fraction of sp³-hybridized carbons (Fsp3) is 0.538. The van der Waals surface area contributed by atoms with E-state index in [1.807, 2.05) is 0 Å². The van der Waals surface area contributed by atoms with Gasteiger partial charge >= 0.3 is 59.1 Å². The summed E-state index contributed by atoms with van der Waals surface area (Å²) < 4.78 is 152. The number of hydrogen-bond donors (Lipinski definition) is 0. The third kappa shape index (κ3) is 8.52. The molecule has 8 heteroatoms. The predicted molar refractivity (Wildman–Crippen MR) is 68.8 cm³/mol. The molecule has 0 atom stereocenters. The number of para-hydroxylation sites is 1. The molecule has 0 bridgehead atoms. The van der Waals surface area contributed by atoms with E-state index in [0.717, 1.165) is 0 Å². The van der Waals surface area contributed by atoms with Gasteiger partial charge in [-0.15, -0.1) is 0 Å². The zero-order valence-electron chi connectivity index (χ0n) is 28.2. The molecule has 0 fully saturated rings. The summed E-state index contributed by atoms with van der Waals surface area (Å²) in [6.07, 6.45) is 0. The van der Waals surface area contributed by atoms with E-state index in [-0.39, 0.29) is 59.1 Å². The molecule has 0 saturated heterocycles. The fourth-order valence-corrected chi connectivity index (χ4v) is 1.22. The molecule has 0 unspecified atom stereocenters. The van der Waals surface area contributed by atoms with Crippen LogP contribution in [0.5, 0.6) is 5.75 Å². The summed E-state index contributed by atoms with van der Waals surface area (Å²) in [6, 6.07) is -4.47. The molecule has 0 heterocycles. The average Bonchev–Trinajstić information content (AvgIpc) is 2.61. The van der Waals surface area contributed by atoms with Crippen LogP contribution in [0, 0.1) is 0 Å². The normalized spacial score (nSPS) is 26.3. The summed E-state index contributed by atoms with van der Waals surface area (Å²) in [6.45, 7) is -17.5. The predicted octanol–water partition coefficient (Wildman–Crippen LogP) is -3.88. The van der Waals surface area contributed by atoms with E-state index in [4.69, 9.17) is 28.0 Å². The van der Waals surface area contributed by atoms with Crippen molar-refractivity contribution in [2.75, 3.05) is 6.79 Å². The van der Waals surface area contributed by atoms with Gasteiger partial charge in [0.05, 0.1) is 11.9 Å². The van der Waals surface area contributed by atoms with Crippen molar-refractivity contribution < 1.29 is 106 Å². The first-order valence-corrected chi connectivity index (χ1v) is 5.97. The van der Waals surface area contributed by atoms with E-state index >= 15 is 0 Å². The Morgan fingerprint density at radius 3 is 2.10 bits per heavy atom. The fourth-order valence-electron chi connectivity index (χ4n) is 1.04. The molecule has 21 heavy (non-hydrogen) atoms. The molecule has 0 spiro atoms. The van der Waals surface area contributed by atoms with Crippen LogP contribution < -0.4 is 73.6 Å². The SMILES string of the molecule is [2H]c1c([2H])c(C([2H])(C([2H])([2H])[2H])C([2H])([2H])[2H])c(OCOP(=O)([O-])[O-])c(C([2H])(C([2H])([2H])[2H])C([2H])([2H])[2H])c1[2H].[Na+].[Na+]. The Kier molecular flexibility index (Phi) is 3.69. The Morgan fingerprint density at radius 1 is 1.24 bits per heavy atom. The molecule has 0 radical (unpaired) electrons. The maximum atomic E-state index is 10.8. The van der Waals surface area contributed by atoms with Gasteiger partial charge in [0.15, 0.2) is 6.79 Å². The van der Waals surface area contributed by atoms with E-state index in [1.165, 1.54) is 0 Å². The topological polar surface area (TPSA) is 81.7 Å². The summed E-state index contributed by atoms with van der Waals surface area (Å²) >= 11 is 0. The Morgan fingerprint density at radius 2 is 1.71 bits per heavy atom. The van der Waals surface area contributed by atoms with E-state index < -0.39 is 88.8 Å². The van der Waals surface area contributed by atoms with Crippen LogP contribution in [-0.2, 0) is 9.09 Å². The summed E-state index contributed by atoms with van der Waals surface area (Å²) in [7, 11) is -5.87. The first kappa shape index (κ1) is 7.17. The van der Waals surface area contributed by atoms with Gasteiger partial charge in [0.1, 0.15) is 5.75 Å². The van der Waals surface area contributed by atoms with Crippen molar-refractivity contribution in [3.8, 4) is 5.75 Å². The molecular weight excluding hydrogens is 313 g/mol. The smallest absolute Gasteiger partial charge is 0.790 e. The number of hydrogen-bond acceptors (Lipinski definition) is 5. The van der Waals surface area contributed by atoms with Gasteiger partial charge in [-0.3, -0.25) is 0 Å². The number of benzene rings is 1. The van der Waals surface area contributed by atoms with Crippen LogP contribution in [0.25, 0.3) is 0 Å². The van der Waals surface area contributed by atoms with Crippen molar-refractivity contribution in [3.05, 3.63) is 29.3 Å². The maximum absolute atomic E-state index is 10.8. The van der Waals surface area contributed by atoms with Crippen molar-refractivity contribution in [1.29, 1.82) is 0 Å². The zero-order chi connectivity index (χ0) is 29.1. The van der Waals surface area contributed by atoms with Crippen LogP contribution in [0.3, 0.4) is 0 Å². The minimum absolute atomic E-state index is 0.